The number of rotatable bonds is 1. The lowest BCUT2D eigenvalue weighted by Crippen LogP contribution is -2.20. The highest BCUT2D eigenvalue weighted by Crippen LogP contribution is 2.43. The lowest BCUT2D eigenvalue weighted by molar-refractivity contribution is 0.0640. The Labute approximate surface area is 129 Å². The molecule has 0 aromatic heterocycles. The minimum Gasteiger partial charge on any atom is -0.485 e. The van der Waals surface area contributed by atoms with E-state index >= 15 is 0 Å². The number of fused-ring (bicyclic) bond motifs is 1. The second-order valence-corrected chi connectivity index (χ2v) is 6.00. The highest BCUT2D eigenvalue weighted by molar-refractivity contribution is 9.10. The number of hydrogen-bond donors (Lipinski definition) is 1. The zero-order valence-electron chi connectivity index (χ0n) is 10.3. The zero-order valence-corrected chi connectivity index (χ0v) is 12.7. The van der Waals surface area contributed by atoms with Gasteiger partial charge in [-0.05, 0) is 30.3 Å². The van der Waals surface area contributed by atoms with E-state index in [0.717, 1.165) is 4.47 Å². The van der Waals surface area contributed by atoms with Gasteiger partial charge in [-0.3, -0.25) is 0 Å². The van der Waals surface area contributed by atoms with Crippen LogP contribution in [0.2, 0.25) is 5.02 Å². The fourth-order valence-electron chi connectivity index (χ4n) is 2.41. The van der Waals surface area contributed by atoms with Crippen molar-refractivity contribution in [1.82, 2.24) is 0 Å². The zero-order chi connectivity index (χ0) is 14.3. The number of halogens is 3. The molecule has 0 aliphatic carbocycles. The molecule has 0 saturated heterocycles. The SMILES string of the molecule is O[C@@H]1CC(c2c(F)cccc2Cl)Oc2ccc(Br)cc21. The van der Waals surface area contributed by atoms with E-state index in [-0.39, 0.29) is 6.42 Å². The molecule has 104 valence electrons. The molecule has 0 spiro atoms. The molecular formula is C15H11BrClFO2. The molecule has 1 aliphatic heterocycles. The summed E-state index contributed by atoms with van der Waals surface area (Å²) in [6.07, 6.45) is -1.03. The molecule has 0 saturated carbocycles. The molecule has 2 aromatic rings. The number of ether oxygens (including phenoxy) is 1. The molecule has 1 N–H and O–H groups in total. The molecule has 2 atom stereocenters. The Hall–Kier alpha value is -1.10. The summed E-state index contributed by atoms with van der Waals surface area (Å²) in [6.45, 7) is 0. The summed E-state index contributed by atoms with van der Waals surface area (Å²) in [5, 5.41) is 10.5. The molecule has 3 rings (SSSR count). The van der Waals surface area contributed by atoms with Crippen LogP contribution in [0.3, 0.4) is 0 Å². The average molecular weight is 358 g/mol. The van der Waals surface area contributed by atoms with E-state index < -0.39 is 18.0 Å². The van der Waals surface area contributed by atoms with Crippen molar-refractivity contribution in [3.05, 3.63) is 62.8 Å². The van der Waals surface area contributed by atoms with Gasteiger partial charge in [0.25, 0.3) is 0 Å². The lowest BCUT2D eigenvalue weighted by Gasteiger charge is -2.30. The molecule has 0 radical (unpaired) electrons. The summed E-state index contributed by atoms with van der Waals surface area (Å²) in [6, 6.07) is 9.88. The molecule has 0 bridgehead atoms. The number of hydrogen-bond acceptors (Lipinski definition) is 2. The second kappa shape index (κ2) is 5.35. The van der Waals surface area contributed by atoms with E-state index in [9.17, 15) is 9.50 Å². The molecule has 1 unspecified atom stereocenters. The van der Waals surface area contributed by atoms with Crippen molar-refractivity contribution in [3.63, 3.8) is 0 Å². The number of aliphatic hydroxyl groups excluding tert-OH is 1. The molecule has 2 nitrogen and oxygen atoms in total. The maximum atomic E-state index is 13.9. The standard InChI is InChI=1S/C15H11BrClFO2/c16-8-4-5-13-9(6-8)12(19)7-14(20-13)15-10(17)2-1-3-11(15)18/h1-6,12,14,19H,7H2/t12-,14?/m1/s1. The van der Waals surface area contributed by atoms with Gasteiger partial charge < -0.3 is 9.84 Å². The Morgan fingerprint density at radius 1 is 1.30 bits per heavy atom. The van der Waals surface area contributed by atoms with E-state index in [2.05, 4.69) is 15.9 Å². The smallest absolute Gasteiger partial charge is 0.131 e. The van der Waals surface area contributed by atoms with Crippen LogP contribution >= 0.6 is 27.5 Å². The first-order chi connectivity index (χ1) is 9.56. The van der Waals surface area contributed by atoms with Crippen LogP contribution in [-0.2, 0) is 0 Å². The molecule has 1 heterocycles. The van der Waals surface area contributed by atoms with Crippen LogP contribution in [0.15, 0.2) is 40.9 Å². The summed E-state index contributed by atoms with van der Waals surface area (Å²) in [4.78, 5) is 0. The van der Waals surface area contributed by atoms with Gasteiger partial charge >= 0.3 is 0 Å². The maximum absolute atomic E-state index is 13.9. The third-order valence-corrected chi connectivity index (χ3v) is 4.18. The van der Waals surface area contributed by atoms with Crippen molar-refractivity contribution in [2.24, 2.45) is 0 Å². The largest absolute Gasteiger partial charge is 0.485 e. The molecule has 1 aliphatic rings. The van der Waals surface area contributed by atoms with Gasteiger partial charge in [-0.2, -0.15) is 0 Å². The topological polar surface area (TPSA) is 29.5 Å². The van der Waals surface area contributed by atoms with E-state index in [4.69, 9.17) is 16.3 Å². The Bertz CT molecular complexity index is 642. The first kappa shape index (κ1) is 13.9. The van der Waals surface area contributed by atoms with Crippen molar-refractivity contribution < 1.29 is 14.2 Å². The number of aliphatic hydroxyl groups is 1. The third kappa shape index (κ3) is 2.43. The second-order valence-electron chi connectivity index (χ2n) is 4.68. The Morgan fingerprint density at radius 2 is 2.10 bits per heavy atom. The minimum atomic E-state index is -0.711. The molecular weight excluding hydrogens is 347 g/mol. The molecule has 0 fully saturated rings. The number of benzene rings is 2. The van der Waals surface area contributed by atoms with Gasteiger partial charge in [0, 0.05) is 22.0 Å². The predicted octanol–water partition coefficient (Wildman–Crippen LogP) is 4.80. The minimum absolute atomic E-state index is 0.268. The van der Waals surface area contributed by atoms with E-state index in [1.54, 1.807) is 24.3 Å². The maximum Gasteiger partial charge on any atom is 0.131 e. The van der Waals surface area contributed by atoms with Crippen LogP contribution in [-0.4, -0.2) is 5.11 Å². The third-order valence-electron chi connectivity index (χ3n) is 3.36. The van der Waals surface area contributed by atoms with Crippen molar-refractivity contribution in [2.45, 2.75) is 18.6 Å². The average Bonchev–Trinajstić information content (AvgIpc) is 2.39. The van der Waals surface area contributed by atoms with Gasteiger partial charge in [-0.1, -0.05) is 33.6 Å². The summed E-state index contributed by atoms with van der Waals surface area (Å²) in [7, 11) is 0. The van der Waals surface area contributed by atoms with Crippen LogP contribution < -0.4 is 4.74 Å². The molecule has 20 heavy (non-hydrogen) atoms. The normalized spacial score (nSPS) is 21.2. The van der Waals surface area contributed by atoms with Crippen LogP contribution in [0.25, 0.3) is 0 Å². The van der Waals surface area contributed by atoms with Crippen LogP contribution in [0.1, 0.15) is 29.8 Å². The van der Waals surface area contributed by atoms with Gasteiger partial charge in [0.1, 0.15) is 17.7 Å². The first-order valence-corrected chi connectivity index (χ1v) is 7.31. The highest BCUT2D eigenvalue weighted by atomic mass is 79.9. The van der Waals surface area contributed by atoms with E-state index in [1.165, 1.54) is 6.07 Å². The van der Waals surface area contributed by atoms with E-state index in [1.807, 2.05) is 6.07 Å². The van der Waals surface area contributed by atoms with Crippen LogP contribution in [0, 0.1) is 5.82 Å². The van der Waals surface area contributed by atoms with Crippen molar-refractivity contribution in [2.75, 3.05) is 0 Å². The fraction of sp³-hybridized carbons (Fsp3) is 0.200. The fourth-order valence-corrected chi connectivity index (χ4v) is 3.08. The Kier molecular flexibility index (Phi) is 3.71. The van der Waals surface area contributed by atoms with Gasteiger partial charge in [0.15, 0.2) is 0 Å². The van der Waals surface area contributed by atoms with Gasteiger partial charge in [0.2, 0.25) is 0 Å². The van der Waals surface area contributed by atoms with Gasteiger partial charge in [-0.15, -0.1) is 0 Å². The first-order valence-electron chi connectivity index (χ1n) is 6.14. The molecule has 0 amide bonds. The Balaban J connectivity index is 2.01. The highest BCUT2D eigenvalue weighted by Gasteiger charge is 2.31. The molecule has 2 aromatic carbocycles. The summed E-state index contributed by atoms with van der Waals surface area (Å²) >= 11 is 9.41. The summed E-state index contributed by atoms with van der Waals surface area (Å²) in [5.41, 5.74) is 0.991. The Morgan fingerprint density at radius 3 is 2.85 bits per heavy atom. The van der Waals surface area contributed by atoms with Crippen LogP contribution in [0.4, 0.5) is 4.39 Å². The van der Waals surface area contributed by atoms with Gasteiger partial charge in [-0.25, -0.2) is 4.39 Å². The van der Waals surface area contributed by atoms with Crippen molar-refractivity contribution >= 4 is 27.5 Å². The van der Waals surface area contributed by atoms with Crippen molar-refractivity contribution in [3.8, 4) is 5.75 Å². The van der Waals surface area contributed by atoms with Gasteiger partial charge in [0.05, 0.1) is 11.1 Å². The molecule has 5 heteroatoms. The monoisotopic (exact) mass is 356 g/mol. The summed E-state index contributed by atoms with van der Waals surface area (Å²) in [5.74, 6) is 0.131. The summed E-state index contributed by atoms with van der Waals surface area (Å²) < 4.78 is 20.6. The quantitative estimate of drug-likeness (QED) is 0.794. The lowest BCUT2D eigenvalue weighted by atomic mass is 9.95. The predicted molar refractivity (Wildman–Crippen MR) is 78.5 cm³/mol. The van der Waals surface area contributed by atoms with E-state index in [0.29, 0.717) is 21.9 Å². The van der Waals surface area contributed by atoms with Crippen molar-refractivity contribution in [1.29, 1.82) is 0 Å². The van der Waals surface area contributed by atoms with Crippen LogP contribution in [0.5, 0.6) is 5.75 Å².